The molecule has 94 valence electrons. The number of aromatic nitrogens is 1. The summed E-state index contributed by atoms with van der Waals surface area (Å²) < 4.78 is 0. The van der Waals surface area contributed by atoms with Crippen LogP contribution in [-0.2, 0) is 0 Å². The van der Waals surface area contributed by atoms with Gasteiger partial charge in [0.05, 0.1) is 10.6 Å². The summed E-state index contributed by atoms with van der Waals surface area (Å²) in [5.74, 6) is -0.352. The summed E-state index contributed by atoms with van der Waals surface area (Å²) in [5.41, 5.74) is 0.116. The van der Waals surface area contributed by atoms with Gasteiger partial charge in [-0.1, -0.05) is 24.9 Å². The third-order valence-electron chi connectivity index (χ3n) is 2.53. The molecular weight excluding hydrogens is 240 g/mol. The summed E-state index contributed by atoms with van der Waals surface area (Å²) in [6.45, 7) is 5.83. The number of carboxylic acid groups (broad SMARTS) is 1. The Labute approximate surface area is 106 Å². The molecule has 4 nitrogen and oxygen atoms in total. The minimum atomic E-state index is -1.01. The number of halogens is 1. The molecule has 1 aromatic heterocycles. The number of pyridine rings is 1. The fraction of sp³-hybridized carbons (Fsp3) is 0.500. The highest BCUT2D eigenvalue weighted by Crippen LogP contribution is 2.24. The van der Waals surface area contributed by atoms with Crippen molar-refractivity contribution < 1.29 is 9.90 Å². The van der Waals surface area contributed by atoms with Crippen LogP contribution in [0.25, 0.3) is 0 Å². The average Bonchev–Trinajstić information content (AvgIpc) is 2.31. The first kappa shape index (κ1) is 13.8. The van der Waals surface area contributed by atoms with E-state index in [0.29, 0.717) is 10.8 Å². The van der Waals surface area contributed by atoms with E-state index < -0.39 is 5.97 Å². The predicted molar refractivity (Wildman–Crippen MR) is 69.0 cm³/mol. The van der Waals surface area contributed by atoms with Crippen molar-refractivity contribution >= 4 is 23.4 Å². The molecule has 0 aliphatic rings. The Hall–Kier alpha value is -1.29. The molecule has 0 unspecified atom stereocenters. The maximum Gasteiger partial charge on any atom is 0.337 e. The van der Waals surface area contributed by atoms with Gasteiger partial charge in [-0.05, 0) is 19.4 Å². The summed E-state index contributed by atoms with van der Waals surface area (Å²) in [4.78, 5) is 17.0. The van der Waals surface area contributed by atoms with Gasteiger partial charge in [-0.3, -0.25) is 0 Å². The maximum atomic E-state index is 10.8. The SMILES string of the molecule is CCCCN(CC)c1ncc(C(=O)O)cc1Cl. The molecule has 1 N–H and O–H groups in total. The van der Waals surface area contributed by atoms with E-state index in [0.717, 1.165) is 25.9 Å². The van der Waals surface area contributed by atoms with Crippen molar-refractivity contribution in [1.29, 1.82) is 0 Å². The van der Waals surface area contributed by atoms with Gasteiger partial charge in [-0.25, -0.2) is 9.78 Å². The summed E-state index contributed by atoms with van der Waals surface area (Å²) in [6.07, 6.45) is 3.51. The predicted octanol–water partition coefficient (Wildman–Crippen LogP) is 3.06. The number of aromatic carboxylic acids is 1. The van der Waals surface area contributed by atoms with Gasteiger partial charge in [0.2, 0.25) is 0 Å². The summed E-state index contributed by atoms with van der Waals surface area (Å²) in [6, 6.07) is 1.45. The van der Waals surface area contributed by atoms with Crippen LogP contribution in [-0.4, -0.2) is 29.1 Å². The molecule has 0 saturated heterocycles. The van der Waals surface area contributed by atoms with Gasteiger partial charge >= 0.3 is 5.97 Å². The van der Waals surface area contributed by atoms with Crippen molar-refractivity contribution in [2.75, 3.05) is 18.0 Å². The molecule has 0 aromatic carbocycles. The van der Waals surface area contributed by atoms with E-state index in [4.69, 9.17) is 16.7 Å². The van der Waals surface area contributed by atoms with Crippen LogP contribution in [0.2, 0.25) is 5.02 Å². The number of unbranched alkanes of at least 4 members (excludes halogenated alkanes) is 1. The molecule has 0 aliphatic carbocycles. The molecule has 0 bridgehead atoms. The Balaban J connectivity index is 2.92. The minimum Gasteiger partial charge on any atom is -0.478 e. The quantitative estimate of drug-likeness (QED) is 0.850. The second-order valence-electron chi connectivity index (χ2n) is 3.77. The smallest absolute Gasteiger partial charge is 0.337 e. The van der Waals surface area contributed by atoms with Crippen LogP contribution >= 0.6 is 11.6 Å². The molecule has 5 heteroatoms. The van der Waals surface area contributed by atoms with Crippen molar-refractivity contribution in [2.45, 2.75) is 26.7 Å². The zero-order chi connectivity index (χ0) is 12.8. The van der Waals surface area contributed by atoms with Crippen LogP contribution in [0.1, 0.15) is 37.0 Å². The molecule has 0 fully saturated rings. The van der Waals surface area contributed by atoms with Crippen molar-refractivity contribution in [3.05, 3.63) is 22.8 Å². The topological polar surface area (TPSA) is 53.4 Å². The fourth-order valence-corrected chi connectivity index (χ4v) is 1.83. The molecule has 1 heterocycles. The van der Waals surface area contributed by atoms with E-state index >= 15 is 0 Å². The largest absolute Gasteiger partial charge is 0.478 e. The van der Waals surface area contributed by atoms with Gasteiger partial charge in [0, 0.05) is 19.3 Å². The Bertz CT molecular complexity index is 396. The van der Waals surface area contributed by atoms with Crippen molar-refractivity contribution in [3.63, 3.8) is 0 Å². The van der Waals surface area contributed by atoms with Crippen LogP contribution < -0.4 is 4.90 Å². The minimum absolute atomic E-state index is 0.116. The maximum absolute atomic E-state index is 10.8. The lowest BCUT2D eigenvalue weighted by Crippen LogP contribution is -2.25. The number of nitrogens with zero attached hydrogens (tertiary/aromatic N) is 2. The van der Waals surface area contributed by atoms with Crippen LogP contribution in [0.3, 0.4) is 0 Å². The summed E-state index contributed by atoms with van der Waals surface area (Å²) in [7, 11) is 0. The number of hydrogen-bond donors (Lipinski definition) is 1. The number of carbonyl (C=O) groups is 1. The highest BCUT2D eigenvalue weighted by atomic mass is 35.5. The lowest BCUT2D eigenvalue weighted by atomic mass is 10.2. The molecular formula is C12H17ClN2O2. The van der Waals surface area contributed by atoms with Crippen LogP contribution in [0.4, 0.5) is 5.82 Å². The molecule has 1 rings (SSSR count). The van der Waals surface area contributed by atoms with E-state index in [1.807, 2.05) is 6.92 Å². The lowest BCUT2D eigenvalue weighted by Gasteiger charge is -2.22. The number of carboxylic acids is 1. The first-order valence-corrected chi connectivity index (χ1v) is 6.11. The van der Waals surface area contributed by atoms with Gasteiger partial charge in [0.15, 0.2) is 0 Å². The van der Waals surface area contributed by atoms with Gasteiger partial charge in [0.1, 0.15) is 5.82 Å². The monoisotopic (exact) mass is 256 g/mol. The standard InChI is InChI=1S/C12H17ClN2O2/c1-3-5-6-15(4-2)11-10(13)7-9(8-14-11)12(16)17/h7-8H,3-6H2,1-2H3,(H,16,17). The highest BCUT2D eigenvalue weighted by molar-refractivity contribution is 6.33. The van der Waals surface area contributed by atoms with Crippen LogP contribution in [0.5, 0.6) is 0 Å². The van der Waals surface area contributed by atoms with E-state index in [2.05, 4.69) is 16.8 Å². The van der Waals surface area contributed by atoms with Gasteiger partial charge in [0.25, 0.3) is 0 Å². The molecule has 0 aliphatic heterocycles. The summed E-state index contributed by atoms with van der Waals surface area (Å²) >= 11 is 6.06. The molecule has 17 heavy (non-hydrogen) atoms. The molecule has 0 atom stereocenters. The molecule has 0 amide bonds. The zero-order valence-corrected chi connectivity index (χ0v) is 10.9. The number of rotatable bonds is 6. The second kappa shape index (κ2) is 6.45. The molecule has 0 radical (unpaired) electrons. The lowest BCUT2D eigenvalue weighted by molar-refractivity contribution is 0.0696. The van der Waals surface area contributed by atoms with Gasteiger partial charge < -0.3 is 10.0 Å². The molecule has 0 spiro atoms. The number of hydrogen-bond acceptors (Lipinski definition) is 3. The van der Waals surface area contributed by atoms with Crippen molar-refractivity contribution in [2.24, 2.45) is 0 Å². The molecule has 1 aromatic rings. The Morgan fingerprint density at radius 1 is 1.53 bits per heavy atom. The average molecular weight is 257 g/mol. The van der Waals surface area contributed by atoms with Crippen LogP contribution in [0, 0.1) is 0 Å². The van der Waals surface area contributed by atoms with E-state index in [1.54, 1.807) is 0 Å². The first-order chi connectivity index (χ1) is 8.10. The third kappa shape index (κ3) is 3.60. The Morgan fingerprint density at radius 3 is 2.71 bits per heavy atom. The fourth-order valence-electron chi connectivity index (χ4n) is 1.54. The third-order valence-corrected chi connectivity index (χ3v) is 2.81. The van der Waals surface area contributed by atoms with Crippen molar-refractivity contribution in [1.82, 2.24) is 4.98 Å². The Morgan fingerprint density at radius 2 is 2.24 bits per heavy atom. The van der Waals surface area contributed by atoms with E-state index in [1.165, 1.54) is 12.3 Å². The summed E-state index contributed by atoms with van der Waals surface area (Å²) in [5, 5.41) is 9.22. The normalized spacial score (nSPS) is 10.3. The number of anilines is 1. The Kier molecular flexibility index (Phi) is 5.22. The first-order valence-electron chi connectivity index (χ1n) is 5.73. The zero-order valence-electron chi connectivity index (χ0n) is 10.1. The second-order valence-corrected chi connectivity index (χ2v) is 4.17. The van der Waals surface area contributed by atoms with E-state index in [-0.39, 0.29) is 5.56 Å². The van der Waals surface area contributed by atoms with Crippen molar-refractivity contribution in [3.8, 4) is 0 Å². The van der Waals surface area contributed by atoms with Gasteiger partial charge in [-0.15, -0.1) is 0 Å². The highest BCUT2D eigenvalue weighted by Gasteiger charge is 2.12. The van der Waals surface area contributed by atoms with Gasteiger partial charge in [-0.2, -0.15) is 0 Å². The van der Waals surface area contributed by atoms with Crippen LogP contribution in [0.15, 0.2) is 12.3 Å². The van der Waals surface area contributed by atoms with E-state index in [9.17, 15) is 4.79 Å². The molecule has 0 saturated carbocycles.